The van der Waals surface area contributed by atoms with Gasteiger partial charge in [0.15, 0.2) is 0 Å². The fourth-order valence-corrected chi connectivity index (χ4v) is 3.80. The van der Waals surface area contributed by atoms with E-state index in [-0.39, 0.29) is 11.5 Å². The van der Waals surface area contributed by atoms with E-state index in [4.69, 9.17) is 0 Å². The van der Waals surface area contributed by atoms with E-state index in [9.17, 15) is 14.4 Å². The molecule has 1 aliphatic rings. The van der Waals surface area contributed by atoms with E-state index in [0.717, 1.165) is 37.6 Å². The van der Waals surface area contributed by atoms with Gasteiger partial charge in [0.2, 0.25) is 0 Å². The van der Waals surface area contributed by atoms with Crippen LogP contribution in [0.3, 0.4) is 0 Å². The molecular formula is C21H25N7O3. The van der Waals surface area contributed by atoms with Crippen molar-refractivity contribution in [3.05, 3.63) is 62.8 Å². The number of anilines is 1. The summed E-state index contributed by atoms with van der Waals surface area (Å²) in [6, 6.07) is 5.43. The summed E-state index contributed by atoms with van der Waals surface area (Å²) in [5, 5.41) is 2.99. The Labute approximate surface area is 178 Å². The lowest BCUT2D eigenvalue weighted by molar-refractivity contribution is 0.0958. The molecule has 1 fully saturated rings. The minimum absolute atomic E-state index is 0.200. The van der Waals surface area contributed by atoms with Crippen molar-refractivity contribution >= 4 is 22.5 Å². The van der Waals surface area contributed by atoms with Gasteiger partial charge in [-0.25, -0.2) is 9.78 Å². The van der Waals surface area contributed by atoms with Crippen molar-refractivity contribution in [3.8, 4) is 0 Å². The molecule has 0 aliphatic carbocycles. The van der Waals surface area contributed by atoms with Crippen molar-refractivity contribution in [2.45, 2.75) is 20.0 Å². The summed E-state index contributed by atoms with van der Waals surface area (Å²) in [6.45, 7) is 6.04. The SMILES string of the molecule is CCn1c(=O)[nH]c2cc(CN3CCN(c4ccc(C(=O)NC)nc4)CC3)ncc2c1=O. The molecule has 31 heavy (non-hydrogen) atoms. The van der Waals surface area contributed by atoms with Crippen LogP contribution < -0.4 is 21.5 Å². The number of fused-ring (bicyclic) bond motifs is 1. The topological polar surface area (TPSA) is 116 Å². The standard InChI is InChI=1S/C21H25N7O3/c1-3-28-20(30)16-12-23-14(10-18(16)25-21(28)31)13-26-6-8-27(9-7-26)15-4-5-17(24-11-15)19(29)22-2/h4-5,10-12H,3,6-9,13H2,1-2H3,(H,22,29)(H,25,31). The number of pyridine rings is 2. The molecule has 3 aromatic heterocycles. The molecule has 2 N–H and O–H groups in total. The molecule has 0 saturated carbocycles. The molecule has 162 valence electrons. The van der Waals surface area contributed by atoms with Crippen molar-refractivity contribution < 1.29 is 4.79 Å². The van der Waals surface area contributed by atoms with Crippen LogP contribution in [0.1, 0.15) is 23.1 Å². The Morgan fingerprint density at radius 1 is 1.13 bits per heavy atom. The Morgan fingerprint density at radius 2 is 1.90 bits per heavy atom. The number of H-pyrrole nitrogens is 1. The van der Waals surface area contributed by atoms with E-state index in [2.05, 4.69) is 30.1 Å². The van der Waals surface area contributed by atoms with Gasteiger partial charge in [0.25, 0.3) is 11.5 Å². The van der Waals surface area contributed by atoms with E-state index in [1.54, 1.807) is 38.5 Å². The first-order valence-electron chi connectivity index (χ1n) is 10.3. The maximum atomic E-state index is 12.4. The summed E-state index contributed by atoms with van der Waals surface area (Å²) in [4.78, 5) is 52.1. The summed E-state index contributed by atoms with van der Waals surface area (Å²) in [5.74, 6) is -0.200. The van der Waals surface area contributed by atoms with Gasteiger partial charge in [0, 0.05) is 52.5 Å². The summed E-state index contributed by atoms with van der Waals surface area (Å²) in [6.07, 6.45) is 3.27. The molecule has 10 heteroatoms. The highest BCUT2D eigenvalue weighted by Gasteiger charge is 2.19. The van der Waals surface area contributed by atoms with Gasteiger partial charge < -0.3 is 15.2 Å². The van der Waals surface area contributed by atoms with Gasteiger partial charge in [-0.15, -0.1) is 0 Å². The molecule has 3 aromatic rings. The number of hydrogen-bond donors (Lipinski definition) is 2. The zero-order valence-electron chi connectivity index (χ0n) is 17.6. The molecule has 0 bridgehead atoms. The predicted molar refractivity (Wildman–Crippen MR) is 117 cm³/mol. The molecule has 1 amide bonds. The van der Waals surface area contributed by atoms with Gasteiger partial charge in [-0.2, -0.15) is 0 Å². The van der Waals surface area contributed by atoms with Crippen LogP contribution in [0.15, 0.2) is 40.2 Å². The highest BCUT2D eigenvalue weighted by atomic mass is 16.2. The molecular weight excluding hydrogens is 398 g/mol. The number of piperazine rings is 1. The van der Waals surface area contributed by atoms with E-state index < -0.39 is 5.69 Å². The average Bonchev–Trinajstić information content (AvgIpc) is 2.79. The van der Waals surface area contributed by atoms with Gasteiger partial charge in [-0.1, -0.05) is 0 Å². The van der Waals surface area contributed by atoms with E-state index in [0.29, 0.717) is 29.7 Å². The summed E-state index contributed by atoms with van der Waals surface area (Å²) in [5.41, 5.74) is 2.00. The molecule has 1 aliphatic heterocycles. The van der Waals surface area contributed by atoms with Crippen molar-refractivity contribution in [2.75, 3.05) is 38.1 Å². The van der Waals surface area contributed by atoms with Crippen molar-refractivity contribution in [1.29, 1.82) is 0 Å². The first-order chi connectivity index (χ1) is 15.0. The largest absolute Gasteiger partial charge is 0.368 e. The summed E-state index contributed by atoms with van der Waals surface area (Å²) < 4.78 is 1.17. The lowest BCUT2D eigenvalue weighted by Crippen LogP contribution is -2.46. The number of amides is 1. The third kappa shape index (κ3) is 4.19. The van der Waals surface area contributed by atoms with Crippen molar-refractivity contribution in [3.63, 3.8) is 0 Å². The Kier molecular flexibility index (Phi) is 5.81. The summed E-state index contributed by atoms with van der Waals surface area (Å²) in [7, 11) is 1.58. The number of nitrogens with one attached hydrogen (secondary N) is 2. The van der Waals surface area contributed by atoms with Gasteiger partial charge in [0.05, 0.1) is 28.5 Å². The lowest BCUT2D eigenvalue weighted by atomic mass is 10.2. The van der Waals surface area contributed by atoms with Crippen LogP contribution in [0.5, 0.6) is 0 Å². The van der Waals surface area contributed by atoms with Crippen LogP contribution in [-0.4, -0.2) is 63.6 Å². The maximum absolute atomic E-state index is 12.4. The highest BCUT2D eigenvalue weighted by Crippen LogP contribution is 2.17. The van der Waals surface area contributed by atoms with Gasteiger partial charge in [-0.05, 0) is 25.1 Å². The molecule has 4 rings (SSSR count). The Hall–Kier alpha value is -3.53. The zero-order chi connectivity index (χ0) is 22.0. The molecule has 0 unspecified atom stereocenters. The normalized spacial score (nSPS) is 14.7. The van der Waals surface area contributed by atoms with Gasteiger partial charge in [0.1, 0.15) is 5.69 Å². The van der Waals surface area contributed by atoms with Crippen LogP contribution in [0.2, 0.25) is 0 Å². The zero-order valence-corrected chi connectivity index (χ0v) is 17.6. The quantitative estimate of drug-likeness (QED) is 0.601. The van der Waals surface area contributed by atoms with Crippen LogP contribution in [0.4, 0.5) is 5.69 Å². The minimum atomic E-state index is -0.401. The number of aromatic nitrogens is 4. The Balaban J connectivity index is 1.42. The van der Waals surface area contributed by atoms with Crippen LogP contribution in [-0.2, 0) is 13.1 Å². The van der Waals surface area contributed by atoms with Crippen LogP contribution >= 0.6 is 0 Å². The number of hydrogen-bond acceptors (Lipinski definition) is 7. The molecule has 0 atom stereocenters. The third-order valence-corrected chi connectivity index (χ3v) is 5.57. The molecule has 4 heterocycles. The van der Waals surface area contributed by atoms with E-state index in [1.807, 2.05) is 6.07 Å². The fraction of sp³-hybridized carbons (Fsp3) is 0.381. The third-order valence-electron chi connectivity index (χ3n) is 5.57. The second-order valence-electron chi connectivity index (χ2n) is 7.44. The maximum Gasteiger partial charge on any atom is 0.328 e. The van der Waals surface area contributed by atoms with E-state index in [1.165, 1.54) is 4.57 Å². The average molecular weight is 423 g/mol. The van der Waals surface area contributed by atoms with Gasteiger partial charge in [-0.3, -0.25) is 24.0 Å². The molecule has 0 radical (unpaired) electrons. The monoisotopic (exact) mass is 423 g/mol. The number of carbonyl (C=O) groups is 1. The minimum Gasteiger partial charge on any atom is -0.368 e. The molecule has 1 saturated heterocycles. The first-order valence-corrected chi connectivity index (χ1v) is 10.3. The summed E-state index contributed by atoms with van der Waals surface area (Å²) >= 11 is 0. The fourth-order valence-electron chi connectivity index (χ4n) is 3.80. The molecule has 10 nitrogen and oxygen atoms in total. The van der Waals surface area contributed by atoms with E-state index >= 15 is 0 Å². The predicted octanol–water partition coefficient (Wildman–Crippen LogP) is 0.182. The molecule has 0 spiro atoms. The Bertz CT molecular complexity index is 1210. The van der Waals surface area contributed by atoms with Gasteiger partial charge >= 0.3 is 5.69 Å². The smallest absolute Gasteiger partial charge is 0.328 e. The number of nitrogens with zero attached hydrogens (tertiary/aromatic N) is 5. The highest BCUT2D eigenvalue weighted by molar-refractivity contribution is 5.92. The van der Waals surface area contributed by atoms with Crippen molar-refractivity contribution in [1.82, 2.24) is 29.7 Å². The number of rotatable bonds is 5. The second kappa shape index (κ2) is 8.68. The molecule has 0 aromatic carbocycles. The Morgan fingerprint density at radius 3 is 2.55 bits per heavy atom. The van der Waals surface area contributed by atoms with Crippen molar-refractivity contribution in [2.24, 2.45) is 0 Å². The number of carbonyl (C=O) groups excluding carboxylic acids is 1. The number of aromatic amines is 1. The van der Waals surface area contributed by atoms with Crippen LogP contribution in [0, 0.1) is 0 Å². The van der Waals surface area contributed by atoms with Crippen LogP contribution in [0.25, 0.3) is 10.9 Å². The lowest BCUT2D eigenvalue weighted by Gasteiger charge is -2.35. The first kappa shape index (κ1) is 20.7. The second-order valence-corrected chi connectivity index (χ2v) is 7.44.